The minimum absolute atomic E-state index is 0.0171. The van der Waals surface area contributed by atoms with Crippen molar-refractivity contribution in [1.29, 1.82) is 0 Å². The zero-order valence-electron chi connectivity index (χ0n) is 15.5. The van der Waals surface area contributed by atoms with Crippen molar-refractivity contribution >= 4 is 23.4 Å². The second kappa shape index (κ2) is 9.87. The molecule has 0 unspecified atom stereocenters. The fourth-order valence-corrected chi connectivity index (χ4v) is 2.29. The third-order valence-corrected chi connectivity index (χ3v) is 3.70. The number of pyridine rings is 2. The van der Waals surface area contributed by atoms with Crippen molar-refractivity contribution in [3.05, 3.63) is 46.4 Å². The van der Waals surface area contributed by atoms with E-state index in [0.717, 1.165) is 6.07 Å². The molecule has 9 nitrogen and oxygen atoms in total. The molecule has 2 aromatic rings. The summed E-state index contributed by atoms with van der Waals surface area (Å²) >= 11 is 0. The summed E-state index contributed by atoms with van der Waals surface area (Å²) in [5.74, 6) is -4.36. The van der Waals surface area contributed by atoms with Crippen LogP contribution in [0.1, 0.15) is 23.2 Å². The SMILES string of the molecule is NCCCOc1ccc2cc(C(=O)NCCC(=O)OC(=O)C(F)(F)F)cc(=O)n2c1. The van der Waals surface area contributed by atoms with Gasteiger partial charge < -0.3 is 20.5 Å². The Labute approximate surface area is 167 Å². The maximum Gasteiger partial charge on any atom is 0.491 e. The molecule has 30 heavy (non-hydrogen) atoms. The van der Waals surface area contributed by atoms with Gasteiger partial charge in [-0.2, -0.15) is 13.2 Å². The number of nitrogens with two attached hydrogens (primary N) is 1. The van der Waals surface area contributed by atoms with Gasteiger partial charge in [-0.1, -0.05) is 0 Å². The fraction of sp³-hybridized carbons (Fsp3) is 0.333. The predicted molar refractivity (Wildman–Crippen MR) is 96.9 cm³/mol. The van der Waals surface area contributed by atoms with E-state index in [1.54, 1.807) is 12.1 Å². The van der Waals surface area contributed by atoms with Gasteiger partial charge in [0, 0.05) is 23.7 Å². The Morgan fingerprint density at radius 3 is 2.57 bits per heavy atom. The van der Waals surface area contributed by atoms with Gasteiger partial charge in [0.1, 0.15) is 5.75 Å². The van der Waals surface area contributed by atoms with Crippen molar-refractivity contribution in [2.45, 2.75) is 19.0 Å². The number of aromatic nitrogens is 1. The van der Waals surface area contributed by atoms with Crippen molar-refractivity contribution in [2.75, 3.05) is 19.7 Å². The third-order valence-electron chi connectivity index (χ3n) is 3.70. The predicted octanol–water partition coefficient (Wildman–Crippen LogP) is 0.779. The number of alkyl halides is 3. The highest BCUT2D eigenvalue weighted by Gasteiger charge is 2.42. The molecule has 0 aromatic carbocycles. The van der Waals surface area contributed by atoms with Crippen molar-refractivity contribution in [3.8, 4) is 5.75 Å². The lowest BCUT2D eigenvalue weighted by atomic mass is 10.2. The van der Waals surface area contributed by atoms with Crippen LogP contribution >= 0.6 is 0 Å². The first kappa shape index (κ1) is 22.9. The Hall–Kier alpha value is -3.41. The summed E-state index contributed by atoms with van der Waals surface area (Å²) in [6, 6.07) is 5.64. The van der Waals surface area contributed by atoms with Gasteiger partial charge in [-0.3, -0.25) is 18.8 Å². The molecule has 1 amide bonds. The summed E-state index contributed by atoms with van der Waals surface area (Å²) in [5, 5.41) is 2.26. The highest BCUT2D eigenvalue weighted by molar-refractivity contribution is 5.95. The molecule has 0 bridgehead atoms. The van der Waals surface area contributed by atoms with Crippen LogP contribution in [0.5, 0.6) is 5.75 Å². The average Bonchev–Trinajstić information content (AvgIpc) is 2.67. The van der Waals surface area contributed by atoms with Gasteiger partial charge in [0.25, 0.3) is 11.5 Å². The molecule has 0 radical (unpaired) electrons. The molecule has 0 atom stereocenters. The van der Waals surface area contributed by atoms with Crippen LogP contribution < -0.4 is 21.3 Å². The van der Waals surface area contributed by atoms with Crippen LogP contribution in [0, 0.1) is 0 Å². The van der Waals surface area contributed by atoms with Crippen LogP contribution in [0.15, 0.2) is 35.3 Å². The largest absolute Gasteiger partial charge is 0.492 e. The van der Waals surface area contributed by atoms with Crippen molar-refractivity contribution in [1.82, 2.24) is 9.72 Å². The van der Waals surface area contributed by atoms with Crippen LogP contribution in [0.25, 0.3) is 5.52 Å². The van der Waals surface area contributed by atoms with E-state index < -0.39 is 42.5 Å². The van der Waals surface area contributed by atoms with Gasteiger partial charge in [0.05, 0.1) is 19.2 Å². The first-order valence-electron chi connectivity index (χ1n) is 8.71. The molecule has 2 rings (SSSR count). The maximum absolute atomic E-state index is 12.3. The molecule has 0 aliphatic heterocycles. The zero-order chi connectivity index (χ0) is 22.3. The maximum atomic E-state index is 12.3. The van der Waals surface area contributed by atoms with Crippen LogP contribution in [0.2, 0.25) is 0 Å². The van der Waals surface area contributed by atoms with E-state index in [-0.39, 0.29) is 5.56 Å². The number of nitrogens with one attached hydrogen (secondary N) is 1. The monoisotopic (exact) mass is 429 g/mol. The van der Waals surface area contributed by atoms with E-state index in [0.29, 0.717) is 30.8 Å². The van der Waals surface area contributed by atoms with Gasteiger partial charge in [-0.15, -0.1) is 0 Å². The standard InChI is InChI=1S/C18H18F3N3O6/c19-18(20,21)17(28)30-15(26)4-6-23-16(27)11-8-12-2-3-13(29-7-1-5-22)10-24(12)14(25)9-11/h2-3,8-10H,1,4-7,22H2,(H,23,27). The van der Waals surface area contributed by atoms with Gasteiger partial charge in [-0.25, -0.2) is 4.79 Å². The van der Waals surface area contributed by atoms with Crippen molar-refractivity contribution < 1.29 is 37.0 Å². The fourth-order valence-electron chi connectivity index (χ4n) is 2.29. The second-order valence-corrected chi connectivity index (χ2v) is 6.00. The van der Waals surface area contributed by atoms with Gasteiger partial charge >= 0.3 is 18.1 Å². The van der Waals surface area contributed by atoms with Gasteiger partial charge in [-0.05, 0) is 31.2 Å². The number of rotatable bonds is 8. The summed E-state index contributed by atoms with van der Waals surface area (Å²) in [4.78, 5) is 46.2. The third kappa shape index (κ3) is 6.30. The van der Waals surface area contributed by atoms with Gasteiger partial charge in [0.15, 0.2) is 0 Å². The number of esters is 2. The Morgan fingerprint density at radius 1 is 1.17 bits per heavy atom. The second-order valence-electron chi connectivity index (χ2n) is 6.00. The number of ether oxygens (including phenoxy) is 2. The number of halogens is 3. The number of amides is 1. The van der Waals surface area contributed by atoms with Crippen LogP contribution in [0.4, 0.5) is 13.2 Å². The molecular formula is C18H18F3N3O6. The lowest BCUT2D eigenvalue weighted by Crippen LogP contribution is -2.31. The van der Waals surface area contributed by atoms with Crippen molar-refractivity contribution in [2.24, 2.45) is 5.73 Å². The molecule has 2 aromatic heterocycles. The molecule has 0 spiro atoms. The molecule has 162 valence electrons. The molecule has 0 saturated heterocycles. The van der Waals surface area contributed by atoms with Crippen LogP contribution in [0.3, 0.4) is 0 Å². The molecule has 0 aliphatic rings. The first-order chi connectivity index (χ1) is 14.1. The Kier molecular flexibility index (Phi) is 7.53. The molecule has 2 heterocycles. The normalized spacial score (nSPS) is 11.2. The summed E-state index contributed by atoms with van der Waals surface area (Å²) in [6.45, 7) is 0.451. The molecule has 12 heteroatoms. The topological polar surface area (TPSA) is 129 Å². The summed E-state index contributed by atoms with van der Waals surface area (Å²) in [6.07, 6.45) is -3.85. The Morgan fingerprint density at radius 2 is 1.90 bits per heavy atom. The summed E-state index contributed by atoms with van der Waals surface area (Å²) in [5.41, 5.74) is 5.25. The van der Waals surface area contributed by atoms with E-state index in [1.165, 1.54) is 16.7 Å². The number of fused-ring (bicyclic) bond motifs is 1. The van der Waals surface area contributed by atoms with E-state index >= 15 is 0 Å². The molecule has 0 saturated carbocycles. The lowest BCUT2D eigenvalue weighted by Gasteiger charge is -2.09. The Balaban J connectivity index is 1.98. The van der Waals surface area contributed by atoms with E-state index in [9.17, 15) is 32.3 Å². The number of hydrogen-bond donors (Lipinski definition) is 2. The molecular weight excluding hydrogens is 411 g/mol. The lowest BCUT2D eigenvalue weighted by molar-refractivity contribution is -0.201. The smallest absolute Gasteiger partial charge is 0.491 e. The molecule has 3 N–H and O–H groups in total. The quantitative estimate of drug-likeness (QED) is 0.360. The van der Waals surface area contributed by atoms with E-state index in [1.807, 2.05) is 0 Å². The minimum Gasteiger partial charge on any atom is -0.492 e. The zero-order valence-corrected chi connectivity index (χ0v) is 15.5. The number of hydrogen-bond acceptors (Lipinski definition) is 7. The highest BCUT2D eigenvalue weighted by atomic mass is 19.4. The number of nitrogens with zero attached hydrogens (tertiary/aromatic N) is 1. The van der Waals surface area contributed by atoms with E-state index in [2.05, 4.69) is 10.1 Å². The molecule has 0 fully saturated rings. The van der Waals surface area contributed by atoms with Crippen LogP contribution in [-0.4, -0.2) is 48.1 Å². The van der Waals surface area contributed by atoms with Crippen LogP contribution in [-0.2, 0) is 14.3 Å². The number of carbonyl (C=O) groups is 3. The summed E-state index contributed by atoms with van der Waals surface area (Å²) in [7, 11) is 0. The van der Waals surface area contributed by atoms with E-state index in [4.69, 9.17) is 10.5 Å². The molecule has 0 aliphatic carbocycles. The average molecular weight is 429 g/mol. The first-order valence-corrected chi connectivity index (χ1v) is 8.71. The Bertz CT molecular complexity index is 1000. The van der Waals surface area contributed by atoms with Crippen molar-refractivity contribution in [3.63, 3.8) is 0 Å². The summed E-state index contributed by atoms with van der Waals surface area (Å²) < 4.78 is 46.4. The highest BCUT2D eigenvalue weighted by Crippen LogP contribution is 2.17. The number of carbonyl (C=O) groups excluding carboxylic acids is 3. The minimum atomic E-state index is -5.29. The van der Waals surface area contributed by atoms with Gasteiger partial charge in [0.2, 0.25) is 0 Å².